The molecule has 0 aliphatic carbocycles. The van der Waals surface area contributed by atoms with Crippen LogP contribution in [0, 0.1) is 0 Å². The Balaban J connectivity index is -0.000000320. The molecule has 0 heterocycles. The molecule has 0 radical (unpaired) electrons. The molecular formula is C5H7KO4. The average molecular weight is 170 g/mol. The van der Waals surface area contributed by atoms with Crippen molar-refractivity contribution in [1.29, 1.82) is 0 Å². The van der Waals surface area contributed by atoms with Gasteiger partial charge in [-0.1, -0.05) is 6.58 Å². The molecule has 0 saturated heterocycles. The maximum Gasteiger partial charge on any atom is 1.00 e. The fourth-order valence-electron chi connectivity index (χ4n) is 0.258. The van der Waals surface area contributed by atoms with Crippen LogP contribution in [0.1, 0.15) is 7.85 Å². The van der Waals surface area contributed by atoms with Crippen LogP contribution in [-0.4, -0.2) is 22.2 Å². The van der Waals surface area contributed by atoms with E-state index in [0.717, 1.165) is 0 Å². The molecule has 0 aromatic rings. The number of hydrogen-bond acceptors (Lipinski definition) is 2. The monoisotopic (exact) mass is 170 g/mol. The molecular weight excluding hydrogens is 163 g/mol. The molecule has 0 aliphatic rings. The van der Waals surface area contributed by atoms with Crippen LogP contribution in [0.2, 0.25) is 0 Å². The van der Waals surface area contributed by atoms with Crippen molar-refractivity contribution in [3.05, 3.63) is 12.2 Å². The van der Waals surface area contributed by atoms with E-state index in [9.17, 15) is 9.59 Å². The van der Waals surface area contributed by atoms with Gasteiger partial charge in [-0.2, -0.15) is 0 Å². The van der Waals surface area contributed by atoms with E-state index in [-0.39, 0.29) is 58.4 Å². The summed E-state index contributed by atoms with van der Waals surface area (Å²) in [5.41, 5.74) is -0.303. The third kappa shape index (κ3) is 6.44. The summed E-state index contributed by atoms with van der Waals surface area (Å²) in [7, 11) is 0. The molecule has 2 N–H and O–H groups in total. The predicted octanol–water partition coefficient (Wildman–Crippen LogP) is -2.78. The smallest absolute Gasteiger partial charge is 1.00 e. The van der Waals surface area contributed by atoms with E-state index in [2.05, 4.69) is 6.58 Å². The van der Waals surface area contributed by atoms with Gasteiger partial charge in [0.15, 0.2) is 0 Å². The fraction of sp³-hybridized carbons (Fsp3) is 0.200. The van der Waals surface area contributed by atoms with E-state index in [1.54, 1.807) is 0 Å². The number of hydrogen-bond donors (Lipinski definition) is 2. The topological polar surface area (TPSA) is 74.6 Å². The first kappa shape index (κ1) is 12.9. The van der Waals surface area contributed by atoms with Crippen LogP contribution in [0.4, 0.5) is 0 Å². The van der Waals surface area contributed by atoms with Crippen molar-refractivity contribution in [1.82, 2.24) is 0 Å². The Morgan fingerprint density at radius 1 is 1.40 bits per heavy atom. The Morgan fingerprint density at radius 3 is 1.90 bits per heavy atom. The van der Waals surface area contributed by atoms with Gasteiger partial charge in [0.05, 0.1) is 6.42 Å². The normalized spacial score (nSPS) is 7.60. The molecule has 0 aromatic heterocycles. The Bertz CT molecular complexity index is 168. The van der Waals surface area contributed by atoms with E-state index in [1.807, 2.05) is 0 Å². The zero-order valence-electron chi connectivity index (χ0n) is 6.63. The van der Waals surface area contributed by atoms with Gasteiger partial charge < -0.3 is 11.6 Å². The molecule has 0 fully saturated rings. The number of aliphatic carboxylic acids is 2. The summed E-state index contributed by atoms with van der Waals surface area (Å²) < 4.78 is 0. The first-order chi connectivity index (χ1) is 4.04. The second-order valence-corrected chi connectivity index (χ2v) is 1.48. The molecule has 0 aromatic carbocycles. The minimum absolute atomic E-state index is 0. The summed E-state index contributed by atoms with van der Waals surface area (Å²) in [5, 5.41) is 16.1. The summed E-state index contributed by atoms with van der Waals surface area (Å²) in [6, 6.07) is 0. The SMILES string of the molecule is C=C(CC(=O)O)C(=O)O.[H-].[K+]. The quantitative estimate of drug-likeness (QED) is 0.355. The fourth-order valence-corrected chi connectivity index (χ4v) is 0.258. The molecule has 10 heavy (non-hydrogen) atoms. The predicted molar refractivity (Wildman–Crippen MR) is 30.1 cm³/mol. The molecule has 52 valence electrons. The summed E-state index contributed by atoms with van der Waals surface area (Å²) in [5.74, 6) is -2.44. The number of carboxylic acid groups (broad SMARTS) is 2. The molecule has 0 bridgehead atoms. The van der Waals surface area contributed by atoms with Crippen molar-refractivity contribution in [2.24, 2.45) is 0 Å². The molecule has 0 rings (SSSR count). The Kier molecular flexibility index (Phi) is 7.84. The van der Waals surface area contributed by atoms with Gasteiger partial charge >= 0.3 is 63.3 Å². The van der Waals surface area contributed by atoms with Crippen molar-refractivity contribution in [3.8, 4) is 0 Å². The third-order valence-corrected chi connectivity index (χ3v) is 0.667. The number of rotatable bonds is 3. The van der Waals surface area contributed by atoms with Crippen LogP contribution in [0.25, 0.3) is 0 Å². The number of carboxylic acids is 2. The van der Waals surface area contributed by atoms with Crippen molar-refractivity contribution in [3.63, 3.8) is 0 Å². The van der Waals surface area contributed by atoms with Gasteiger partial charge in [-0.05, 0) is 0 Å². The van der Waals surface area contributed by atoms with Gasteiger partial charge in [-0.15, -0.1) is 0 Å². The van der Waals surface area contributed by atoms with Gasteiger partial charge in [0.2, 0.25) is 0 Å². The largest absolute Gasteiger partial charge is 1.00 e. The zero-order valence-corrected chi connectivity index (χ0v) is 8.75. The Hall–Kier alpha value is 0.316. The summed E-state index contributed by atoms with van der Waals surface area (Å²) in [6.07, 6.45) is -0.505. The van der Waals surface area contributed by atoms with E-state index in [0.29, 0.717) is 0 Å². The van der Waals surface area contributed by atoms with Crippen molar-refractivity contribution >= 4 is 11.9 Å². The van der Waals surface area contributed by atoms with Crippen molar-refractivity contribution < 1.29 is 72.6 Å². The van der Waals surface area contributed by atoms with Crippen LogP contribution in [-0.2, 0) is 9.59 Å². The minimum Gasteiger partial charge on any atom is -1.00 e. The minimum atomic E-state index is -1.27. The van der Waals surface area contributed by atoms with E-state index < -0.39 is 18.4 Å². The standard InChI is InChI=1S/C5H6O4.K.H/c1-3(5(8)9)2-4(6)7;;/h1-2H2,(H,6,7)(H,8,9);;/q;+1;-1. The van der Waals surface area contributed by atoms with Gasteiger partial charge in [0, 0.05) is 5.57 Å². The van der Waals surface area contributed by atoms with Crippen LogP contribution in [0.3, 0.4) is 0 Å². The third-order valence-electron chi connectivity index (χ3n) is 0.667. The Morgan fingerprint density at radius 2 is 1.80 bits per heavy atom. The molecule has 0 amide bonds. The average Bonchev–Trinajstić information content (AvgIpc) is 1.63. The van der Waals surface area contributed by atoms with Crippen molar-refractivity contribution in [2.45, 2.75) is 6.42 Å². The summed E-state index contributed by atoms with van der Waals surface area (Å²) >= 11 is 0. The first-order valence-corrected chi connectivity index (χ1v) is 2.17. The second-order valence-electron chi connectivity index (χ2n) is 1.48. The molecule has 5 heteroatoms. The molecule has 0 aliphatic heterocycles. The van der Waals surface area contributed by atoms with Crippen molar-refractivity contribution in [2.75, 3.05) is 0 Å². The Labute approximate surface area is 102 Å². The molecule has 0 unspecified atom stereocenters. The summed E-state index contributed by atoms with van der Waals surface area (Å²) in [4.78, 5) is 19.7. The van der Waals surface area contributed by atoms with Gasteiger partial charge in [-0.25, -0.2) is 4.79 Å². The maximum absolute atomic E-state index is 9.87. The number of carbonyl (C=O) groups is 2. The van der Waals surface area contributed by atoms with Crippen LogP contribution < -0.4 is 51.4 Å². The van der Waals surface area contributed by atoms with Gasteiger partial charge in [-0.3, -0.25) is 4.79 Å². The maximum atomic E-state index is 9.87. The molecule has 4 nitrogen and oxygen atoms in total. The van der Waals surface area contributed by atoms with E-state index >= 15 is 0 Å². The van der Waals surface area contributed by atoms with Crippen LogP contribution >= 0.6 is 0 Å². The zero-order chi connectivity index (χ0) is 7.44. The summed E-state index contributed by atoms with van der Waals surface area (Å²) in [6.45, 7) is 3.01. The van der Waals surface area contributed by atoms with E-state index in [4.69, 9.17) is 10.2 Å². The molecule has 0 saturated carbocycles. The van der Waals surface area contributed by atoms with Crippen LogP contribution in [0.15, 0.2) is 12.2 Å². The van der Waals surface area contributed by atoms with Gasteiger partial charge in [0.25, 0.3) is 0 Å². The van der Waals surface area contributed by atoms with E-state index in [1.165, 1.54) is 0 Å². The van der Waals surface area contributed by atoms with Gasteiger partial charge in [0.1, 0.15) is 0 Å². The molecule has 0 atom stereocenters. The first-order valence-electron chi connectivity index (χ1n) is 2.17. The second kappa shape index (κ2) is 6.05. The van der Waals surface area contributed by atoms with Crippen LogP contribution in [0.5, 0.6) is 0 Å². The molecule has 0 spiro atoms.